The van der Waals surface area contributed by atoms with Gasteiger partial charge < -0.3 is 10.2 Å². The van der Waals surface area contributed by atoms with E-state index in [1.807, 2.05) is 0 Å². The summed E-state index contributed by atoms with van der Waals surface area (Å²) in [7, 11) is 0. The number of hydrogen-bond acceptors (Lipinski definition) is 5. The molecule has 0 spiro atoms. The predicted octanol–water partition coefficient (Wildman–Crippen LogP) is 2.39. The van der Waals surface area contributed by atoms with Crippen molar-refractivity contribution >= 4 is 11.6 Å². The minimum absolute atomic E-state index is 0.630. The molecule has 21 heavy (non-hydrogen) atoms. The molecule has 1 aromatic heterocycles. The zero-order valence-electron chi connectivity index (χ0n) is 13.9. The summed E-state index contributed by atoms with van der Waals surface area (Å²) < 4.78 is 0. The first-order valence-electron chi connectivity index (χ1n) is 8.24. The van der Waals surface area contributed by atoms with Crippen LogP contribution in [0.4, 0.5) is 11.6 Å². The fourth-order valence-electron chi connectivity index (χ4n) is 2.61. The van der Waals surface area contributed by atoms with Gasteiger partial charge in [-0.1, -0.05) is 13.8 Å². The highest BCUT2D eigenvalue weighted by atomic mass is 15.3. The van der Waals surface area contributed by atoms with E-state index >= 15 is 0 Å². The second-order valence-corrected chi connectivity index (χ2v) is 5.92. The number of anilines is 2. The molecule has 118 valence electrons. The lowest BCUT2D eigenvalue weighted by molar-refractivity contribution is 0.209. The zero-order chi connectivity index (χ0) is 15.2. The number of aromatic nitrogens is 2. The third-order valence-electron chi connectivity index (χ3n) is 4.00. The molecular formula is C16H29N5. The van der Waals surface area contributed by atoms with Crippen LogP contribution in [0.2, 0.25) is 0 Å². The van der Waals surface area contributed by atoms with Gasteiger partial charge in [0, 0.05) is 51.3 Å². The molecule has 0 amide bonds. The van der Waals surface area contributed by atoms with Gasteiger partial charge in [-0.05, 0) is 20.3 Å². The average Bonchev–Trinajstić information content (AvgIpc) is 2.52. The van der Waals surface area contributed by atoms with Crippen molar-refractivity contribution in [2.24, 2.45) is 0 Å². The highest BCUT2D eigenvalue weighted by Gasteiger charge is 2.20. The van der Waals surface area contributed by atoms with Crippen LogP contribution in [0.15, 0.2) is 6.07 Å². The van der Waals surface area contributed by atoms with Gasteiger partial charge in [0.15, 0.2) is 0 Å². The van der Waals surface area contributed by atoms with Crippen molar-refractivity contribution in [3.05, 3.63) is 11.9 Å². The normalized spacial score (nSPS) is 16.5. The molecule has 0 saturated carbocycles. The Labute approximate surface area is 128 Å². The Hall–Kier alpha value is -1.36. The lowest BCUT2D eigenvalue weighted by Gasteiger charge is -2.37. The summed E-state index contributed by atoms with van der Waals surface area (Å²) in [6, 6.07) is 2.73. The van der Waals surface area contributed by atoms with E-state index in [4.69, 9.17) is 4.98 Å². The molecule has 0 aliphatic carbocycles. The molecule has 1 aliphatic heterocycles. The molecule has 0 aromatic carbocycles. The highest BCUT2D eigenvalue weighted by molar-refractivity contribution is 5.49. The third kappa shape index (κ3) is 4.30. The number of rotatable bonds is 6. The fourth-order valence-corrected chi connectivity index (χ4v) is 2.61. The van der Waals surface area contributed by atoms with E-state index in [0.29, 0.717) is 6.04 Å². The Kier molecular flexibility index (Phi) is 5.79. The Morgan fingerprint density at radius 3 is 2.43 bits per heavy atom. The molecule has 0 unspecified atom stereocenters. The molecule has 5 nitrogen and oxygen atoms in total. The van der Waals surface area contributed by atoms with E-state index in [-0.39, 0.29) is 0 Å². The first-order valence-corrected chi connectivity index (χ1v) is 8.24. The standard InChI is InChI=1S/C16H29N5/c1-5-7-17-15-12-16(19-14(6-2)18-15)21-10-8-20(9-11-21)13(3)4/h12-13H,5-11H2,1-4H3,(H,17,18,19). The topological polar surface area (TPSA) is 44.3 Å². The largest absolute Gasteiger partial charge is 0.370 e. The van der Waals surface area contributed by atoms with E-state index in [0.717, 1.165) is 63.0 Å². The second kappa shape index (κ2) is 7.59. The van der Waals surface area contributed by atoms with Gasteiger partial charge in [0.2, 0.25) is 0 Å². The number of piperazine rings is 1. The van der Waals surface area contributed by atoms with Crippen molar-refractivity contribution in [1.82, 2.24) is 14.9 Å². The Morgan fingerprint density at radius 1 is 1.14 bits per heavy atom. The Morgan fingerprint density at radius 2 is 1.86 bits per heavy atom. The lowest BCUT2D eigenvalue weighted by atomic mass is 10.2. The molecule has 2 heterocycles. The van der Waals surface area contributed by atoms with E-state index in [9.17, 15) is 0 Å². The van der Waals surface area contributed by atoms with Crippen molar-refractivity contribution in [2.45, 2.75) is 46.6 Å². The van der Waals surface area contributed by atoms with Crippen LogP contribution in [0, 0.1) is 0 Å². The van der Waals surface area contributed by atoms with Gasteiger partial charge in [-0.25, -0.2) is 9.97 Å². The minimum Gasteiger partial charge on any atom is -0.370 e. The van der Waals surface area contributed by atoms with Crippen LogP contribution in [0.25, 0.3) is 0 Å². The maximum atomic E-state index is 4.71. The van der Waals surface area contributed by atoms with Crippen LogP contribution in [-0.4, -0.2) is 53.6 Å². The summed E-state index contributed by atoms with van der Waals surface area (Å²) in [5.74, 6) is 2.96. The molecule has 1 aromatic rings. The Balaban J connectivity index is 2.08. The summed E-state index contributed by atoms with van der Waals surface area (Å²) in [5.41, 5.74) is 0. The first-order chi connectivity index (χ1) is 10.1. The van der Waals surface area contributed by atoms with Crippen molar-refractivity contribution in [3.8, 4) is 0 Å². The van der Waals surface area contributed by atoms with Gasteiger partial charge >= 0.3 is 0 Å². The molecule has 2 rings (SSSR count). The van der Waals surface area contributed by atoms with Crippen LogP contribution in [0.5, 0.6) is 0 Å². The SMILES string of the molecule is CCCNc1cc(N2CCN(C(C)C)CC2)nc(CC)n1. The molecule has 1 aliphatic rings. The first kappa shape index (κ1) is 16.0. The fraction of sp³-hybridized carbons (Fsp3) is 0.750. The van der Waals surface area contributed by atoms with Crippen molar-refractivity contribution in [2.75, 3.05) is 42.9 Å². The van der Waals surface area contributed by atoms with Crippen LogP contribution in [0.1, 0.15) is 39.9 Å². The molecule has 0 bridgehead atoms. The number of nitrogens with zero attached hydrogens (tertiary/aromatic N) is 4. The van der Waals surface area contributed by atoms with Gasteiger partial charge in [-0.15, -0.1) is 0 Å². The van der Waals surface area contributed by atoms with Crippen LogP contribution in [0.3, 0.4) is 0 Å². The number of aryl methyl sites for hydroxylation is 1. The van der Waals surface area contributed by atoms with Crippen LogP contribution < -0.4 is 10.2 Å². The summed E-state index contributed by atoms with van der Waals surface area (Å²) in [6.07, 6.45) is 1.98. The molecule has 0 radical (unpaired) electrons. The smallest absolute Gasteiger partial charge is 0.134 e. The maximum absolute atomic E-state index is 4.71. The molecule has 0 atom stereocenters. The van der Waals surface area contributed by atoms with Crippen molar-refractivity contribution in [1.29, 1.82) is 0 Å². The van der Waals surface area contributed by atoms with Gasteiger partial charge in [0.25, 0.3) is 0 Å². The number of nitrogens with one attached hydrogen (secondary N) is 1. The van der Waals surface area contributed by atoms with E-state index < -0.39 is 0 Å². The molecule has 1 N–H and O–H groups in total. The van der Waals surface area contributed by atoms with Gasteiger partial charge in [-0.3, -0.25) is 4.90 Å². The summed E-state index contributed by atoms with van der Waals surface area (Å²) in [4.78, 5) is 14.2. The quantitative estimate of drug-likeness (QED) is 0.872. The Bertz CT molecular complexity index is 438. The molecule has 5 heteroatoms. The van der Waals surface area contributed by atoms with Crippen molar-refractivity contribution < 1.29 is 0 Å². The summed E-state index contributed by atoms with van der Waals surface area (Å²) in [5, 5.41) is 3.39. The van der Waals surface area contributed by atoms with Gasteiger partial charge in [0.05, 0.1) is 0 Å². The zero-order valence-corrected chi connectivity index (χ0v) is 13.9. The maximum Gasteiger partial charge on any atom is 0.134 e. The highest BCUT2D eigenvalue weighted by Crippen LogP contribution is 2.19. The lowest BCUT2D eigenvalue weighted by Crippen LogP contribution is -2.49. The molecule has 1 saturated heterocycles. The average molecular weight is 291 g/mol. The van der Waals surface area contributed by atoms with Crippen molar-refractivity contribution in [3.63, 3.8) is 0 Å². The predicted molar refractivity (Wildman–Crippen MR) is 89.1 cm³/mol. The van der Waals surface area contributed by atoms with E-state index in [1.165, 1.54) is 0 Å². The minimum atomic E-state index is 0.630. The third-order valence-corrected chi connectivity index (χ3v) is 4.00. The summed E-state index contributed by atoms with van der Waals surface area (Å²) >= 11 is 0. The van der Waals surface area contributed by atoms with E-state index in [2.05, 4.69) is 53.9 Å². The van der Waals surface area contributed by atoms with E-state index in [1.54, 1.807) is 0 Å². The summed E-state index contributed by atoms with van der Waals surface area (Å²) in [6.45, 7) is 14.1. The van der Waals surface area contributed by atoms with Crippen LogP contribution >= 0.6 is 0 Å². The van der Waals surface area contributed by atoms with Gasteiger partial charge in [-0.2, -0.15) is 0 Å². The second-order valence-electron chi connectivity index (χ2n) is 5.92. The number of hydrogen-bond donors (Lipinski definition) is 1. The van der Waals surface area contributed by atoms with Crippen LogP contribution in [-0.2, 0) is 6.42 Å². The van der Waals surface area contributed by atoms with Gasteiger partial charge in [0.1, 0.15) is 17.5 Å². The molecular weight excluding hydrogens is 262 g/mol. The molecule has 1 fully saturated rings. The monoisotopic (exact) mass is 291 g/mol.